The van der Waals surface area contributed by atoms with Gasteiger partial charge in [-0.15, -0.1) is 10.2 Å². The van der Waals surface area contributed by atoms with Crippen molar-refractivity contribution < 1.29 is 14.0 Å². The number of benzene rings is 2. The molecule has 0 aliphatic rings. The molecule has 27 heavy (non-hydrogen) atoms. The molecule has 0 aliphatic heterocycles. The van der Waals surface area contributed by atoms with Crippen molar-refractivity contribution in [2.75, 3.05) is 12.4 Å². The summed E-state index contributed by atoms with van der Waals surface area (Å²) in [5.41, 5.74) is 1.75. The van der Waals surface area contributed by atoms with Crippen molar-refractivity contribution in [3.63, 3.8) is 0 Å². The second-order valence-corrected chi connectivity index (χ2v) is 6.00. The molecule has 1 atom stereocenters. The highest BCUT2D eigenvalue weighted by atomic mass is 16.4. The average molecular weight is 364 g/mol. The minimum absolute atomic E-state index is 0.105. The predicted molar refractivity (Wildman–Crippen MR) is 100 cm³/mol. The van der Waals surface area contributed by atoms with Crippen LogP contribution in [0.4, 0.5) is 5.69 Å². The standard InChI is InChI=1S/C20H20N4O3/c1-13-23-24-20(27-13)16(14-8-4-3-5-9-14)12-18(25)22-17-11-7-6-10-15(17)19(26)21-2/h3-11,16H,12H2,1-2H3,(H,21,26)(H,22,25). The third-order valence-corrected chi connectivity index (χ3v) is 4.10. The fraction of sp³-hybridized carbons (Fsp3) is 0.200. The lowest BCUT2D eigenvalue weighted by molar-refractivity contribution is -0.116. The van der Waals surface area contributed by atoms with Crippen molar-refractivity contribution in [1.29, 1.82) is 0 Å². The van der Waals surface area contributed by atoms with Crippen molar-refractivity contribution in [3.05, 3.63) is 77.5 Å². The van der Waals surface area contributed by atoms with Crippen LogP contribution in [0.15, 0.2) is 59.0 Å². The first kappa shape index (κ1) is 18.3. The summed E-state index contributed by atoms with van der Waals surface area (Å²) in [4.78, 5) is 24.7. The van der Waals surface area contributed by atoms with E-state index in [4.69, 9.17) is 4.42 Å². The van der Waals surface area contributed by atoms with Gasteiger partial charge >= 0.3 is 0 Å². The number of aromatic nitrogens is 2. The molecule has 3 aromatic rings. The molecule has 0 aliphatic carbocycles. The third kappa shape index (κ3) is 4.38. The van der Waals surface area contributed by atoms with Gasteiger partial charge in [-0.2, -0.15) is 0 Å². The molecule has 7 heteroatoms. The van der Waals surface area contributed by atoms with Crippen LogP contribution in [0.1, 0.15) is 40.0 Å². The molecule has 0 saturated heterocycles. The van der Waals surface area contributed by atoms with E-state index in [-0.39, 0.29) is 24.2 Å². The topological polar surface area (TPSA) is 97.1 Å². The number of para-hydroxylation sites is 1. The second kappa shape index (κ2) is 8.27. The second-order valence-electron chi connectivity index (χ2n) is 6.00. The molecular formula is C20H20N4O3. The Morgan fingerprint density at radius 3 is 2.41 bits per heavy atom. The fourth-order valence-electron chi connectivity index (χ4n) is 2.80. The van der Waals surface area contributed by atoms with Gasteiger partial charge in [0.2, 0.25) is 17.7 Å². The molecule has 2 N–H and O–H groups in total. The molecule has 0 radical (unpaired) electrons. The summed E-state index contributed by atoms with van der Waals surface area (Å²) in [6, 6.07) is 16.4. The molecule has 138 valence electrons. The minimum atomic E-state index is -0.375. The Morgan fingerprint density at radius 1 is 1.04 bits per heavy atom. The predicted octanol–water partition coefficient (Wildman–Crippen LogP) is 2.90. The van der Waals surface area contributed by atoms with Gasteiger partial charge in [0.1, 0.15) is 0 Å². The number of nitrogens with zero attached hydrogens (tertiary/aromatic N) is 2. The van der Waals surface area contributed by atoms with E-state index in [2.05, 4.69) is 20.8 Å². The van der Waals surface area contributed by atoms with Gasteiger partial charge in [0.15, 0.2) is 0 Å². The summed E-state index contributed by atoms with van der Waals surface area (Å²) in [7, 11) is 1.55. The van der Waals surface area contributed by atoms with Crippen LogP contribution in [-0.4, -0.2) is 29.1 Å². The molecule has 1 heterocycles. The number of hydrogen-bond donors (Lipinski definition) is 2. The van der Waals surface area contributed by atoms with Gasteiger partial charge in [0.25, 0.3) is 5.91 Å². The van der Waals surface area contributed by atoms with Crippen LogP contribution in [0, 0.1) is 6.92 Å². The van der Waals surface area contributed by atoms with Crippen molar-refractivity contribution in [1.82, 2.24) is 15.5 Å². The highest BCUT2D eigenvalue weighted by Crippen LogP contribution is 2.28. The van der Waals surface area contributed by atoms with Crippen LogP contribution < -0.4 is 10.6 Å². The lowest BCUT2D eigenvalue weighted by atomic mass is 9.95. The molecule has 1 aromatic heterocycles. The van der Waals surface area contributed by atoms with Crippen LogP contribution >= 0.6 is 0 Å². The van der Waals surface area contributed by atoms with Crippen LogP contribution in [0.2, 0.25) is 0 Å². The molecule has 2 amide bonds. The summed E-state index contributed by atoms with van der Waals surface area (Å²) in [5, 5.41) is 13.3. The highest BCUT2D eigenvalue weighted by molar-refractivity contribution is 6.03. The number of amides is 2. The quantitative estimate of drug-likeness (QED) is 0.701. The summed E-state index contributed by atoms with van der Waals surface area (Å²) in [5.74, 6) is -0.0709. The van der Waals surface area contributed by atoms with E-state index in [1.54, 1.807) is 38.2 Å². The number of rotatable bonds is 6. The Balaban J connectivity index is 1.83. The maximum absolute atomic E-state index is 12.7. The van der Waals surface area contributed by atoms with Gasteiger partial charge in [-0.1, -0.05) is 42.5 Å². The number of carbonyl (C=O) groups is 2. The first-order valence-corrected chi connectivity index (χ1v) is 8.54. The maximum Gasteiger partial charge on any atom is 0.253 e. The minimum Gasteiger partial charge on any atom is -0.425 e. The number of nitrogens with one attached hydrogen (secondary N) is 2. The summed E-state index contributed by atoms with van der Waals surface area (Å²) < 4.78 is 5.56. The molecule has 0 bridgehead atoms. The molecule has 0 saturated carbocycles. The highest BCUT2D eigenvalue weighted by Gasteiger charge is 2.24. The van der Waals surface area contributed by atoms with Crippen molar-refractivity contribution >= 4 is 17.5 Å². The summed E-state index contributed by atoms with van der Waals surface area (Å²) in [6.07, 6.45) is 0.105. The van der Waals surface area contributed by atoms with Crippen LogP contribution in [-0.2, 0) is 4.79 Å². The van der Waals surface area contributed by atoms with E-state index >= 15 is 0 Å². The number of hydrogen-bond acceptors (Lipinski definition) is 5. The van der Waals surface area contributed by atoms with Crippen LogP contribution in [0.3, 0.4) is 0 Å². The van der Waals surface area contributed by atoms with Crippen molar-refractivity contribution in [3.8, 4) is 0 Å². The van der Waals surface area contributed by atoms with Gasteiger partial charge in [-0.3, -0.25) is 9.59 Å². The van der Waals surface area contributed by atoms with Crippen LogP contribution in [0.5, 0.6) is 0 Å². The Kier molecular flexibility index (Phi) is 5.61. The van der Waals surface area contributed by atoms with Gasteiger partial charge in [-0.25, -0.2) is 0 Å². The molecule has 1 unspecified atom stereocenters. The SMILES string of the molecule is CNC(=O)c1ccccc1NC(=O)CC(c1ccccc1)c1nnc(C)o1. The molecule has 0 fully saturated rings. The average Bonchev–Trinajstić information content (AvgIpc) is 3.12. The molecule has 0 spiro atoms. The van der Waals surface area contributed by atoms with E-state index in [1.807, 2.05) is 30.3 Å². The fourth-order valence-corrected chi connectivity index (χ4v) is 2.80. The summed E-state index contributed by atoms with van der Waals surface area (Å²) in [6.45, 7) is 1.71. The lowest BCUT2D eigenvalue weighted by Gasteiger charge is -2.15. The maximum atomic E-state index is 12.7. The van der Waals surface area contributed by atoms with Gasteiger partial charge in [-0.05, 0) is 17.7 Å². The van der Waals surface area contributed by atoms with Crippen molar-refractivity contribution in [2.45, 2.75) is 19.3 Å². The Morgan fingerprint density at radius 2 is 1.74 bits per heavy atom. The number of carbonyl (C=O) groups excluding carboxylic acids is 2. The van der Waals surface area contributed by atoms with E-state index < -0.39 is 0 Å². The first-order chi connectivity index (χ1) is 13.1. The molecule has 2 aromatic carbocycles. The van der Waals surface area contributed by atoms with E-state index in [1.165, 1.54) is 0 Å². The van der Waals surface area contributed by atoms with E-state index in [0.29, 0.717) is 23.0 Å². The third-order valence-electron chi connectivity index (χ3n) is 4.10. The molecule has 3 rings (SSSR count). The smallest absolute Gasteiger partial charge is 0.253 e. The molecule has 7 nitrogen and oxygen atoms in total. The van der Waals surface area contributed by atoms with Gasteiger partial charge in [0.05, 0.1) is 17.2 Å². The zero-order valence-corrected chi connectivity index (χ0v) is 15.1. The summed E-state index contributed by atoms with van der Waals surface area (Å²) >= 11 is 0. The zero-order valence-electron chi connectivity index (χ0n) is 15.1. The normalized spacial score (nSPS) is 11.6. The molecular weight excluding hydrogens is 344 g/mol. The monoisotopic (exact) mass is 364 g/mol. The van der Waals surface area contributed by atoms with Gasteiger partial charge < -0.3 is 15.1 Å². The van der Waals surface area contributed by atoms with Crippen molar-refractivity contribution in [2.24, 2.45) is 0 Å². The Hall–Kier alpha value is -3.48. The van der Waals surface area contributed by atoms with Crippen LogP contribution in [0.25, 0.3) is 0 Å². The largest absolute Gasteiger partial charge is 0.425 e. The van der Waals surface area contributed by atoms with E-state index in [9.17, 15) is 9.59 Å². The Bertz CT molecular complexity index is 937. The lowest BCUT2D eigenvalue weighted by Crippen LogP contribution is -2.22. The number of aryl methyl sites for hydroxylation is 1. The first-order valence-electron chi connectivity index (χ1n) is 8.54. The Labute approximate surface area is 156 Å². The number of anilines is 1. The van der Waals surface area contributed by atoms with E-state index in [0.717, 1.165) is 5.56 Å². The zero-order chi connectivity index (χ0) is 19.2. The van der Waals surface area contributed by atoms with Gasteiger partial charge in [0, 0.05) is 20.4 Å².